The van der Waals surface area contributed by atoms with E-state index in [9.17, 15) is 4.79 Å². The van der Waals surface area contributed by atoms with Crippen LogP contribution < -0.4 is 15.0 Å². The molecule has 1 aromatic carbocycles. The Hall–Kier alpha value is -2.60. The van der Waals surface area contributed by atoms with Crippen LogP contribution in [-0.2, 0) is 12.8 Å². The molecule has 2 aromatic heterocycles. The Kier molecular flexibility index (Phi) is 4.99. The molecule has 27 heavy (non-hydrogen) atoms. The Morgan fingerprint density at radius 3 is 2.52 bits per heavy atom. The summed E-state index contributed by atoms with van der Waals surface area (Å²) in [6.07, 6.45) is 9.34. The lowest BCUT2D eigenvalue weighted by Gasteiger charge is -2.05. The van der Waals surface area contributed by atoms with Gasteiger partial charge in [0.2, 0.25) is 0 Å². The van der Waals surface area contributed by atoms with Crippen LogP contribution in [0.3, 0.4) is 0 Å². The molecule has 0 atom stereocenters. The van der Waals surface area contributed by atoms with Crippen LogP contribution in [0, 0.1) is 0 Å². The van der Waals surface area contributed by atoms with Crippen molar-refractivity contribution < 1.29 is 9.47 Å². The van der Waals surface area contributed by atoms with Crippen molar-refractivity contribution in [2.75, 3.05) is 14.2 Å². The van der Waals surface area contributed by atoms with Crippen LogP contribution in [0.15, 0.2) is 23.0 Å². The van der Waals surface area contributed by atoms with Gasteiger partial charge in [-0.1, -0.05) is 12.5 Å². The summed E-state index contributed by atoms with van der Waals surface area (Å²) < 4.78 is 10.6. The van der Waals surface area contributed by atoms with Gasteiger partial charge in [-0.2, -0.15) is 0 Å². The van der Waals surface area contributed by atoms with E-state index in [0.29, 0.717) is 17.3 Å². The Morgan fingerprint density at radius 2 is 1.78 bits per heavy atom. The highest BCUT2D eigenvalue weighted by atomic mass is 32.1. The van der Waals surface area contributed by atoms with Gasteiger partial charge < -0.3 is 14.5 Å². The fourth-order valence-corrected chi connectivity index (χ4v) is 4.81. The minimum Gasteiger partial charge on any atom is -0.497 e. The minimum atomic E-state index is -0.0396. The summed E-state index contributed by atoms with van der Waals surface area (Å²) in [6, 6.07) is 5.63. The fourth-order valence-electron chi connectivity index (χ4n) is 3.54. The minimum absolute atomic E-state index is 0.0396. The number of nitrogens with zero attached hydrogens (tertiary/aromatic N) is 1. The van der Waals surface area contributed by atoms with Crippen LogP contribution in [0.4, 0.5) is 0 Å². The van der Waals surface area contributed by atoms with Crippen LogP contribution in [0.2, 0.25) is 0 Å². The maximum atomic E-state index is 12.7. The fraction of sp³-hybridized carbons (Fsp3) is 0.333. The van der Waals surface area contributed by atoms with Crippen molar-refractivity contribution in [3.8, 4) is 11.5 Å². The average molecular weight is 382 g/mol. The highest BCUT2D eigenvalue weighted by molar-refractivity contribution is 7.18. The summed E-state index contributed by atoms with van der Waals surface area (Å²) in [7, 11) is 3.24. The van der Waals surface area contributed by atoms with Gasteiger partial charge in [-0.25, -0.2) is 4.98 Å². The van der Waals surface area contributed by atoms with Gasteiger partial charge in [0.15, 0.2) is 0 Å². The first-order valence-electron chi connectivity index (χ1n) is 9.13. The highest BCUT2D eigenvalue weighted by Crippen LogP contribution is 2.33. The van der Waals surface area contributed by atoms with E-state index in [4.69, 9.17) is 9.47 Å². The third-order valence-electron chi connectivity index (χ3n) is 4.90. The topological polar surface area (TPSA) is 64.2 Å². The number of thiophene rings is 1. The van der Waals surface area contributed by atoms with E-state index in [1.807, 2.05) is 30.4 Å². The molecule has 0 aliphatic heterocycles. The third kappa shape index (κ3) is 3.62. The maximum Gasteiger partial charge on any atom is 0.260 e. The standard InChI is InChI=1S/C21H22N2O3S/c1-25-14-10-13(11-15(12-14)26-2)8-9-18-22-20(24)19-16-6-4-3-5-7-17(16)27-21(19)23-18/h8-12H,3-7H2,1-2H3,(H,22,23,24)/b9-8+. The molecule has 3 aromatic rings. The van der Waals surface area contributed by atoms with E-state index in [0.717, 1.165) is 35.0 Å². The second-order valence-corrected chi connectivity index (χ2v) is 7.76. The highest BCUT2D eigenvalue weighted by Gasteiger charge is 2.18. The van der Waals surface area contributed by atoms with Crippen molar-refractivity contribution >= 4 is 33.7 Å². The largest absolute Gasteiger partial charge is 0.497 e. The summed E-state index contributed by atoms with van der Waals surface area (Å²) in [5, 5.41) is 0.789. The molecule has 0 bridgehead atoms. The predicted octanol–water partition coefficient (Wildman–Crippen LogP) is 4.44. The molecule has 0 amide bonds. The summed E-state index contributed by atoms with van der Waals surface area (Å²) in [6.45, 7) is 0. The first-order valence-corrected chi connectivity index (χ1v) is 9.95. The third-order valence-corrected chi connectivity index (χ3v) is 6.09. The number of aromatic amines is 1. The summed E-state index contributed by atoms with van der Waals surface area (Å²) in [5.41, 5.74) is 2.09. The van der Waals surface area contributed by atoms with Crippen molar-refractivity contribution in [1.82, 2.24) is 9.97 Å². The molecular formula is C21H22N2O3S. The molecule has 6 heteroatoms. The summed E-state index contributed by atoms with van der Waals surface area (Å²) in [5.74, 6) is 1.99. The normalized spacial score (nSPS) is 14.3. The number of nitrogens with one attached hydrogen (secondary N) is 1. The van der Waals surface area contributed by atoms with Gasteiger partial charge in [-0.15, -0.1) is 11.3 Å². The molecule has 4 rings (SSSR count). The van der Waals surface area contributed by atoms with E-state index in [1.165, 1.54) is 23.3 Å². The van der Waals surface area contributed by atoms with Crippen molar-refractivity contribution in [2.24, 2.45) is 0 Å². The SMILES string of the molecule is COc1cc(/C=C/c2nc3sc4c(c3c(=O)[nH]2)CCCCC4)cc(OC)c1. The molecule has 140 valence electrons. The van der Waals surface area contributed by atoms with E-state index in [1.54, 1.807) is 25.6 Å². The van der Waals surface area contributed by atoms with Crippen LogP contribution in [0.1, 0.15) is 41.1 Å². The number of methoxy groups -OCH3 is 2. The zero-order valence-corrected chi connectivity index (χ0v) is 16.3. The molecular weight excluding hydrogens is 360 g/mol. The van der Waals surface area contributed by atoms with Crippen molar-refractivity contribution in [1.29, 1.82) is 0 Å². The van der Waals surface area contributed by atoms with Gasteiger partial charge in [0, 0.05) is 10.9 Å². The predicted molar refractivity (Wildman–Crippen MR) is 110 cm³/mol. The summed E-state index contributed by atoms with van der Waals surface area (Å²) in [4.78, 5) is 22.5. The molecule has 2 heterocycles. The van der Waals surface area contributed by atoms with Crippen molar-refractivity contribution in [2.45, 2.75) is 32.1 Å². The van der Waals surface area contributed by atoms with E-state index in [-0.39, 0.29) is 5.56 Å². The number of hydrogen-bond acceptors (Lipinski definition) is 5. The van der Waals surface area contributed by atoms with Crippen LogP contribution in [0.5, 0.6) is 11.5 Å². The smallest absolute Gasteiger partial charge is 0.260 e. The number of H-pyrrole nitrogens is 1. The van der Waals surface area contributed by atoms with E-state index < -0.39 is 0 Å². The van der Waals surface area contributed by atoms with E-state index in [2.05, 4.69) is 9.97 Å². The Labute approximate surface area is 161 Å². The number of hydrogen-bond donors (Lipinski definition) is 1. The van der Waals surface area contributed by atoms with Crippen LogP contribution in [-0.4, -0.2) is 24.2 Å². The molecule has 0 radical (unpaired) electrons. The van der Waals surface area contributed by atoms with E-state index >= 15 is 0 Å². The number of aryl methyl sites for hydroxylation is 2. The first kappa shape index (κ1) is 17.8. The monoisotopic (exact) mass is 382 g/mol. The summed E-state index contributed by atoms with van der Waals surface area (Å²) >= 11 is 1.67. The Bertz CT molecular complexity index is 1040. The van der Waals surface area contributed by atoms with Gasteiger partial charge in [0.25, 0.3) is 5.56 Å². The van der Waals surface area contributed by atoms with Crippen molar-refractivity contribution in [3.05, 3.63) is 50.4 Å². The molecule has 0 spiro atoms. The second kappa shape index (κ2) is 7.56. The number of fused-ring (bicyclic) bond motifs is 3. The van der Waals surface area contributed by atoms with Gasteiger partial charge in [0.05, 0.1) is 19.6 Å². The van der Waals surface area contributed by atoms with Crippen LogP contribution in [0.25, 0.3) is 22.4 Å². The Morgan fingerprint density at radius 1 is 1.04 bits per heavy atom. The van der Waals surface area contributed by atoms with Crippen molar-refractivity contribution in [3.63, 3.8) is 0 Å². The molecule has 0 saturated heterocycles. The quantitative estimate of drug-likeness (QED) is 0.678. The second-order valence-electron chi connectivity index (χ2n) is 6.68. The molecule has 1 aliphatic carbocycles. The molecule has 1 N–H and O–H groups in total. The molecule has 0 saturated carbocycles. The number of ether oxygens (including phenoxy) is 2. The average Bonchev–Trinajstić information content (AvgIpc) is 2.88. The Balaban J connectivity index is 1.71. The maximum absolute atomic E-state index is 12.7. The van der Waals surface area contributed by atoms with Gasteiger partial charge in [-0.3, -0.25) is 4.79 Å². The molecule has 0 unspecified atom stereocenters. The number of benzene rings is 1. The zero-order chi connectivity index (χ0) is 18.8. The lowest BCUT2D eigenvalue weighted by Crippen LogP contribution is -2.10. The molecule has 0 fully saturated rings. The molecule has 5 nitrogen and oxygen atoms in total. The first-order chi connectivity index (χ1) is 13.2. The lowest BCUT2D eigenvalue weighted by atomic mass is 10.1. The van der Waals surface area contributed by atoms with Gasteiger partial charge in [-0.05, 0) is 55.0 Å². The van der Waals surface area contributed by atoms with Gasteiger partial charge >= 0.3 is 0 Å². The number of aromatic nitrogens is 2. The molecule has 1 aliphatic rings. The number of rotatable bonds is 4. The van der Waals surface area contributed by atoms with Crippen LogP contribution >= 0.6 is 11.3 Å². The lowest BCUT2D eigenvalue weighted by molar-refractivity contribution is 0.394. The zero-order valence-electron chi connectivity index (χ0n) is 15.5. The van der Waals surface area contributed by atoms with Gasteiger partial charge in [0.1, 0.15) is 22.2 Å².